The molecule has 0 fully saturated rings. The zero-order valence-electron chi connectivity index (χ0n) is 16.7. The van der Waals surface area contributed by atoms with E-state index in [9.17, 15) is 13.2 Å². The molecule has 11 heteroatoms. The van der Waals surface area contributed by atoms with Crippen molar-refractivity contribution in [1.29, 1.82) is 0 Å². The number of methoxy groups -OCH3 is 2. The Labute approximate surface area is 184 Å². The molecule has 31 heavy (non-hydrogen) atoms. The van der Waals surface area contributed by atoms with Crippen LogP contribution >= 0.6 is 11.8 Å². The Hall–Kier alpha value is -3.31. The Morgan fingerprint density at radius 3 is 2.32 bits per heavy atom. The van der Waals surface area contributed by atoms with E-state index in [1.165, 1.54) is 48.4 Å². The number of carbonyl (C=O) groups is 1. The summed E-state index contributed by atoms with van der Waals surface area (Å²) in [7, 11) is -0.729. The topological polar surface area (TPSA) is 120 Å². The third-order valence-electron chi connectivity index (χ3n) is 3.96. The van der Waals surface area contributed by atoms with Gasteiger partial charge in [0.15, 0.2) is 11.5 Å². The summed E-state index contributed by atoms with van der Waals surface area (Å²) in [5.74, 6) is 1.11. The number of amides is 1. The third kappa shape index (κ3) is 6.09. The number of sulfonamides is 1. The lowest BCUT2D eigenvalue weighted by atomic mass is 10.3. The smallest absolute Gasteiger partial charge is 0.264 e. The van der Waals surface area contributed by atoms with Crippen LogP contribution in [0.25, 0.3) is 0 Å². The third-order valence-corrected chi connectivity index (χ3v) is 6.30. The van der Waals surface area contributed by atoms with Gasteiger partial charge in [-0.25, -0.2) is 23.1 Å². The highest BCUT2D eigenvalue weighted by molar-refractivity contribution is 8.00. The lowest BCUT2D eigenvalue weighted by Crippen LogP contribution is -2.16. The van der Waals surface area contributed by atoms with E-state index in [1.54, 1.807) is 32.4 Å². The van der Waals surface area contributed by atoms with Gasteiger partial charge in [-0.15, -0.1) is 11.8 Å². The molecule has 0 saturated carbocycles. The van der Waals surface area contributed by atoms with E-state index in [4.69, 9.17) is 9.47 Å². The van der Waals surface area contributed by atoms with Crippen molar-refractivity contribution in [3.8, 4) is 11.5 Å². The van der Waals surface area contributed by atoms with Crippen molar-refractivity contribution >= 4 is 39.3 Å². The molecule has 1 aromatic heterocycles. The standard InChI is InChI=1S/C20H20N4O5S2/c1-28-17-9-6-15(12-18(17)29-2)30-13-19(25)23-14-4-7-16(8-5-14)31(26,27)24-20-21-10-3-11-22-20/h3-12H,13H2,1-2H3,(H,23,25)(H,21,22,24). The van der Waals surface area contributed by atoms with Crippen molar-refractivity contribution in [3.05, 3.63) is 60.9 Å². The Bertz CT molecular complexity index is 1140. The first-order valence-electron chi connectivity index (χ1n) is 8.96. The summed E-state index contributed by atoms with van der Waals surface area (Å²) in [5, 5.41) is 2.74. The van der Waals surface area contributed by atoms with E-state index in [1.807, 2.05) is 6.07 Å². The fraction of sp³-hybridized carbons (Fsp3) is 0.150. The lowest BCUT2D eigenvalue weighted by molar-refractivity contribution is -0.113. The molecule has 0 aliphatic heterocycles. The maximum absolute atomic E-state index is 12.4. The molecule has 1 amide bonds. The van der Waals surface area contributed by atoms with Crippen LogP contribution in [-0.4, -0.2) is 44.3 Å². The van der Waals surface area contributed by atoms with Crippen LogP contribution in [0.15, 0.2) is 70.7 Å². The highest BCUT2D eigenvalue weighted by Crippen LogP contribution is 2.31. The van der Waals surface area contributed by atoms with Gasteiger partial charge in [0.05, 0.1) is 24.9 Å². The summed E-state index contributed by atoms with van der Waals surface area (Å²) in [6.07, 6.45) is 2.87. The van der Waals surface area contributed by atoms with Crippen LogP contribution in [0.3, 0.4) is 0 Å². The predicted octanol–water partition coefficient (Wildman–Crippen LogP) is 3.03. The number of hydrogen-bond donors (Lipinski definition) is 2. The molecule has 3 aromatic rings. The SMILES string of the molecule is COc1ccc(SCC(=O)Nc2ccc(S(=O)(=O)Nc3ncccn3)cc2)cc1OC. The second kappa shape index (κ2) is 10.1. The summed E-state index contributed by atoms with van der Waals surface area (Å²) in [5.41, 5.74) is 0.479. The number of thioether (sulfide) groups is 1. The maximum Gasteiger partial charge on any atom is 0.264 e. The van der Waals surface area contributed by atoms with Crippen molar-refractivity contribution in [2.75, 3.05) is 30.0 Å². The van der Waals surface area contributed by atoms with Crippen LogP contribution in [0, 0.1) is 0 Å². The van der Waals surface area contributed by atoms with Gasteiger partial charge in [-0.05, 0) is 48.5 Å². The molecule has 3 rings (SSSR count). The van der Waals surface area contributed by atoms with E-state index in [-0.39, 0.29) is 22.5 Å². The second-order valence-electron chi connectivity index (χ2n) is 6.06. The summed E-state index contributed by atoms with van der Waals surface area (Å²) in [6, 6.07) is 12.8. The minimum Gasteiger partial charge on any atom is -0.493 e. The number of aromatic nitrogens is 2. The zero-order chi connectivity index (χ0) is 22.3. The quantitative estimate of drug-likeness (QED) is 0.468. The van der Waals surface area contributed by atoms with Crippen LogP contribution in [0.1, 0.15) is 0 Å². The summed E-state index contributed by atoms with van der Waals surface area (Å²) < 4.78 is 37.5. The number of hydrogen-bond acceptors (Lipinski definition) is 8. The molecular weight excluding hydrogens is 440 g/mol. The molecule has 0 aliphatic carbocycles. The molecule has 0 atom stereocenters. The number of carbonyl (C=O) groups excluding carboxylic acids is 1. The number of benzene rings is 2. The van der Waals surface area contributed by atoms with Crippen molar-refractivity contribution < 1.29 is 22.7 Å². The molecule has 9 nitrogen and oxygen atoms in total. The molecule has 0 bridgehead atoms. The van der Waals surface area contributed by atoms with E-state index in [0.29, 0.717) is 17.2 Å². The fourth-order valence-electron chi connectivity index (χ4n) is 2.50. The van der Waals surface area contributed by atoms with Crippen molar-refractivity contribution in [2.24, 2.45) is 0 Å². The Balaban J connectivity index is 1.57. The van der Waals surface area contributed by atoms with Crippen LogP contribution in [-0.2, 0) is 14.8 Å². The first-order valence-corrected chi connectivity index (χ1v) is 11.4. The van der Waals surface area contributed by atoms with Gasteiger partial charge in [0.2, 0.25) is 11.9 Å². The second-order valence-corrected chi connectivity index (χ2v) is 8.79. The van der Waals surface area contributed by atoms with Crippen LogP contribution in [0.4, 0.5) is 11.6 Å². The van der Waals surface area contributed by atoms with E-state index in [2.05, 4.69) is 20.0 Å². The number of ether oxygens (including phenoxy) is 2. The number of rotatable bonds is 9. The summed E-state index contributed by atoms with van der Waals surface area (Å²) >= 11 is 1.34. The number of nitrogens with one attached hydrogen (secondary N) is 2. The average Bonchev–Trinajstić information content (AvgIpc) is 2.78. The summed E-state index contributed by atoms with van der Waals surface area (Å²) in [6.45, 7) is 0. The molecule has 2 N–H and O–H groups in total. The summed E-state index contributed by atoms with van der Waals surface area (Å²) in [4.78, 5) is 20.8. The zero-order valence-corrected chi connectivity index (χ0v) is 18.4. The van der Waals surface area contributed by atoms with Crippen LogP contribution in [0.5, 0.6) is 11.5 Å². The monoisotopic (exact) mass is 460 g/mol. The number of anilines is 2. The lowest BCUT2D eigenvalue weighted by Gasteiger charge is -2.10. The van der Waals surface area contributed by atoms with Crippen LogP contribution < -0.4 is 19.5 Å². The molecular formula is C20H20N4O5S2. The molecule has 0 unspecified atom stereocenters. The van der Waals surface area contributed by atoms with Gasteiger partial charge >= 0.3 is 0 Å². The largest absolute Gasteiger partial charge is 0.493 e. The highest BCUT2D eigenvalue weighted by Gasteiger charge is 2.15. The van der Waals surface area contributed by atoms with Gasteiger partial charge in [0.1, 0.15) is 0 Å². The molecule has 162 valence electrons. The normalized spacial score (nSPS) is 10.9. The van der Waals surface area contributed by atoms with Crippen molar-refractivity contribution in [2.45, 2.75) is 9.79 Å². The van der Waals surface area contributed by atoms with Gasteiger partial charge in [-0.3, -0.25) is 4.79 Å². The Morgan fingerprint density at radius 1 is 1.00 bits per heavy atom. The fourth-order valence-corrected chi connectivity index (χ4v) is 4.18. The van der Waals surface area contributed by atoms with Gasteiger partial charge in [-0.1, -0.05) is 0 Å². The maximum atomic E-state index is 12.4. The minimum absolute atomic E-state index is 0.0212. The van der Waals surface area contributed by atoms with Gasteiger partial charge in [0, 0.05) is 23.0 Å². The Morgan fingerprint density at radius 2 is 1.68 bits per heavy atom. The molecule has 0 saturated heterocycles. The van der Waals surface area contributed by atoms with Gasteiger partial charge in [-0.2, -0.15) is 0 Å². The first-order chi connectivity index (χ1) is 14.9. The van der Waals surface area contributed by atoms with Crippen LogP contribution in [0.2, 0.25) is 0 Å². The predicted molar refractivity (Wildman–Crippen MR) is 118 cm³/mol. The average molecular weight is 461 g/mol. The van der Waals surface area contributed by atoms with Gasteiger partial charge in [0.25, 0.3) is 10.0 Å². The molecule has 1 heterocycles. The van der Waals surface area contributed by atoms with E-state index >= 15 is 0 Å². The molecule has 0 spiro atoms. The van der Waals surface area contributed by atoms with E-state index in [0.717, 1.165) is 4.90 Å². The first kappa shape index (κ1) is 22.4. The molecule has 0 aliphatic rings. The highest BCUT2D eigenvalue weighted by atomic mass is 32.2. The molecule has 0 radical (unpaired) electrons. The molecule has 2 aromatic carbocycles. The minimum atomic E-state index is -3.83. The van der Waals surface area contributed by atoms with Crippen molar-refractivity contribution in [3.63, 3.8) is 0 Å². The Kier molecular flexibility index (Phi) is 7.32. The van der Waals surface area contributed by atoms with Gasteiger partial charge < -0.3 is 14.8 Å². The van der Waals surface area contributed by atoms with E-state index < -0.39 is 10.0 Å². The number of nitrogens with zero attached hydrogens (tertiary/aromatic N) is 2. The van der Waals surface area contributed by atoms with Crippen molar-refractivity contribution in [1.82, 2.24) is 9.97 Å².